The fourth-order valence-corrected chi connectivity index (χ4v) is 4.02. The SMILES string of the molecule is Cc1ccc(-n2c(SCC(=O)NCCc3ccc(F)cc3)nnc2-c2ccccc2)cc1. The first kappa shape index (κ1) is 21.8. The summed E-state index contributed by atoms with van der Waals surface area (Å²) in [4.78, 5) is 12.4. The van der Waals surface area contributed by atoms with Crippen molar-refractivity contribution in [2.75, 3.05) is 12.3 Å². The van der Waals surface area contributed by atoms with E-state index in [2.05, 4.69) is 15.5 Å². The lowest BCUT2D eigenvalue weighted by Crippen LogP contribution is -2.27. The summed E-state index contributed by atoms with van der Waals surface area (Å²) in [6.45, 7) is 2.53. The van der Waals surface area contributed by atoms with Gasteiger partial charge in [0.2, 0.25) is 5.91 Å². The van der Waals surface area contributed by atoms with Gasteiger partial charge in [-0.3, -0.25) is 9.36 Å². The van der Waals surface area contributed by atoms with Crippen LogP contribution in [0.5, 0.6) is 0 Å². The molecular weight excluding hydrogens is 423 g/mol. The smallest absolute Gasteiger partial charge is 0.230 e. The van der Waals surface area contributed by atoms with Crippen LogP contribution in [-0.2, 0) is 11.2 Å². The van der Waals surface area contributed by atoms with Gasteiger partial charge < -0.3 is 5.32 Å². The Morgan fingerprint density at radius 2 is 1.69 bits per heavy atom. The number of carbonyl (C=O) groups excluding carboxylic acids is 1. The Morgan fingerprint density at radius 3 is 2.41 bits per heavy atom. The molecule has 3 aromatic carbocycles. The van der Waals surface area contributed by atoms with Crippen LogP contribution in [0.2, 0.25) is 0 Å². The monoisotopic (exact) mass is 446 g/mol. The minimum absolute atomic E-state index is 0.0863. The van der Waals surface area contributed by atoms with E-state index in [0.717, 1.165) is 28.2 Å². The second kappa shape index (κ2) is 10.2. The Bertz CT molecular complexity index is 1180. The van der Waals surface area contributed by atoms with Gasteiger partial charge >= 0.3 is 0 Å². The maximum Gasteiger partial charge on any atom is 0.230 e. The number of carbonyl (C=O) groups is 1. The van der Waals surface area contributed by atoms with Crippen LogP contribution in [0.3, 0.4) is 0 Å². The van der Waals surface area contributed by atoms with Crippen molar-refractivity contribution < 1.29 is 9.18 Å². The number of halogens is 1. The minimum Gasteiger partial charge on any atom is -0.355 e. The zero-order valence-corrected chi connectivity index (χ0v) is 18.5. The molecule has 5 nitrogen and oxygen atoms in total. The molecule has 1 heterocycles. The Hall–Kier alpha value is -3.45. The molecule has 0 aliphatic rings. The van der Waals surface area contributed by atoms with Crippen LogP contribution >= 0.6 is 11.8 Å². The number of nitrogens with zero attached hydrogens (tertiary/aromatic N) is 3. The predicted octanol–water partition coefficient (Wildman–Crippen LogP) is 4.83. The van der Waals surface area contributed by atoms with Gasteiger partial charge in [-0.05, 0) is 43.2 Å². The van der Waals surface area contributed by atoms with Gasteiger partial charge in [0.15, 0.2) is 11.0 Å². The zero-order chi connectivity index (χ0) is 22.3. The standard InChI is InChI=1S/C25H23FN4OS/c1-18-7-13-22(14-8-18)30-24(20-5-3-2-4-6-20)28-29-25(30)32-17-23(31)27-16-15-19-9-11-21(26)12-10-19/h2-14H,15-17H2,1H3,(H,27,31). The van der Waals surface area contributed by atoms with Crippen molar-refractivity contribution >= 4 is 17.7 Å². The van der Waals surface area contributed by atoms with Crippen molar-refractivity contribution in [1.82, 2.24) is 20.1 Å². The van der Waals surface area contributed by atoms with E-state index in [0.29, 0.717) is 18.1 Å². The van der Waals surface area contributed by atoms with Crippen LogP contribution < -0.4 is 5.32 Å². The second-order valence-electron chi connectivity index (χ2n) is 7.36. The van der Waals surface area contributed by atoms with Crippen LogP contribution in [0.4, 0.5) is 4.39 Å². The number of hydrogen-bond acceptors (Lipinski definition) is 4. The highest BCUT2D eigenvalue weighted by molar-refractivity contribution is 7.99. The molecule has 1 N–H and O–H groups in total. The molecule has 0 fully saturated rings. The summed E-state index contributed by atoms with van der Waals surface area (Å²) in [7, 11) is 0. The maximum atomic E-state index is 13.0. The average Bonchev–Trinajstić information content (AvgIpc) is 3.24. The van der Waals surface area contributed by atoms with Gasteiger partial charge in [0.25, 0.3) is 0 Å². The second-order valence-corrected chi connectivity index (χ2v) is 8.30. The summed E-state index contributed by atoms with van der Waals surface area (Å²) in [6.07, 6.45) is 0.647. The maximum absolute atomic E-state index is 13.0. The normalized spacial score (nSPS) is 10.8. The number of benzene rings is 3. The third-order valence-electron chi connectivity index (χ3n) is 4.94. The summed E-state index contributed by atoms with van der Waals surface area (Å²) < 4.78 is 15.0. The van der Waals surface area contributed by atoms with Gasteiger partial charge in [0.1, 0.15) is 5.82 Å². The fourth-order valence-electron chi connectivity index (χ4n) is 3.24. The van der Waals surface area contributed by atoms with Gasteiger partial charge in [-0.2, -0.15) is 0 Å². The van der Waals surface area contributed by atoms with Crippen LogP contribution in [-0.4, -0.2) is 33.0 Å². The van der Waals surface area contributed by atoms with E-state index in [1.54, 1.807) is 12.1 Å². The molecule has 4 aromatic rings. The Kier molecular flexibility index (Phi) is 6.97. The first-order chi connectivity index (χ1) is 15.6. The zero-order valence-electron chi connectivity index (χ0n) is 17.7. The van der Waals surface area contributed by atoms with E-state index in [1.807, 2.05) is 66.1 Å². The van der Waals surface area contributed by atoms with Gasteiger partial charge in [-0.1, -0.05) is 71.9 Å². The number of hydrogen-bond donors (Lipinski definition) is 1. The highest BCUT2D eigenvalue weighted by Crippen LogP contribution is 2.28. The van der Waals surface area contributed by atoms with Crippen LogP contribution in [0.15, 0.2) is 84.0 Å². The molecule has 32 heavy (non-hydrogen) atoms. The number of aromatic nitrogens is 3. The summed E-state index contributed by atoms with van der Waals surface area (Å²) in [5.41, 5.74) is 4.04. The van der Waals surface area contributed by atoms with E-state index in [-0.39, 0.29) is 17.5 Å². The molecule has 0 atom stereocenters. The molecule has 0 aliphatic heterocycles. The Morgan fingerprint density at radius 1 is 0.969 bits per heavy atom. The van der Waals surface area contributed by atoms with Crippen LogP contribution in [0, 0.1) is 12.7 Å². The molecule has 0 bridgehead atoms. The molecule has 0 saturated carbocycles. The molecule has 4 rings (SSSR count). The largest absolute Gasteiger partial charge is 0.355 e. The number of nitrogens with one attached hydrogen (secondary N) is 1. The lowest BCUT2D eigenvalue weighted by atomic mass is 10.1. The number of aryl methyl sites for hydroxylation is 1. The van der Waals surface area contributed by atoms with Crippen LogP contribution in [0.1, 0.15) is 11.1 Å². The van der Waals surface area contributed by atoms with E-state index in [4.69, 9.17) is 0 Å². The molecule has 0 aliphatic carbocycles. The number of rotatable bonds is 8. The average molecular weight is 447 g/mol. The highest BCUT2D eigenvalue weighted by atomic mass is 32.2. The molecule has 0 unspecified atom stereocenters. The first-order valence-electron chi connectivity index (χ1n) is 10.3. The Labute approximate surface area is 190 Å². The van der Waals surface area contributed by atoms with Crippen molar-refractivity contribution in [3.8, 4) is 17.1 Å². The molecular formula is C25H23FN4OS. The fraction of sp³-hybridized carbons (Fsp3) is 0.160. The van der Waals surface area contributed by atoms with Crippen molar-refractivity contribution in [3.05, 3.63) is 95.8 Å². The van der Waals surface area contributed by atoms with Crippen LogP contribution in [0.25, 0.3) is 17.1 Å². The van der Waals surface area contributed by atoms with E-state index < -0.39 is 0 Å². The van der Waals surface area contributed by atoms with Gasteiger partial charge in [0, 0.05) is 17.8 Å². The molecule has 1 amide bonds. The molecule has 0 spiro atoms. The first-order valence-corrected chi connectivity index (χ1v) is 11.3. The highest BCUT2D eigenvalue weighted by Gasteiger charge is 2.17. The molecule has 0 saturated heterocycles. The van der Waals surface area contributed by atoms with Crippen molar-refractivity contribution in [2.45, 2.75) is 18.5 Å². The molecule has 0 radical (unpaired) electrons. The lowest BCUT2D eigenvalue weighted by Gasteiger charge is -2.11. The summed E-state index contributed by atoms with van der Waals surface area (Å²) in [5.74, 6) is 0.606. The topological polar surface area (TPSA) is 59.8 Å². The minimum atomic E-state index is -0.262. The molecule has 162 valence electrons. The van der Waals surface area contributed by atoms with E-state index in [1.165, 1.54) is 23.9 Å². The third kappa shape index (κ3) is 5.42. The third-order valence-corrected chi connectivity index (χ3v) is 5.87. The predicted molar refractivity (Wildman–Crippen MR) is 125 cm³/mol. The van der Waals surface area contributed by atoms with Gasteiger partial charge in [-0.25, -0.2) is 4.39 Å². The van der Waals surface area contributed by atoms with E-state index >= 15 is 0 Å². The summed E-state index contributed by atoms with van der Waals surface area (Å²) >= 11 is 1.35. The summed E-state index contributed by atoms with van der Waals surface area (Å²) in [6, 6.07) is 24.3. The lowest BCUT2D eigenvalue weighted by molar-refractivity contribution is -0.118. The summed E-state index contributed by atoms with van der Waals surface area (Å²) in [5, 5.41) is 12.3. The number of amides is 1. The van der Waals surface area contributed by atoms with E-state index in [9.17, 15) is 9.18 Å². The van der Waals surface area contributed by atoms with Crippen molar-refractivity contribution in [3.63, 3.8) is 0 Å². The quantitative estimate of drug-likeness (QED) is 0.394. The van der Waals surface area contributed by atoms with Crippen molar-refractivity contribution in [1.29, 1.82) is 0 Å². The number of thioether (sulfide) groups is 1. The molecule has 7 heteroatoms. The van der Waals surface area contributed by atoms with Crippen molar-refractivity contribution in [2.24, 2.45) is 0 Å². The Balaban J connectivity index is 1.45. The molecule has 1 aromatic heterocycles. The van der Waals surface area contributed by atoms with Gasteiger partial charge in [0.05, 0.1) is 5.75 Å². The van der Waals surface area contributed by atoms with Gasteiger partial charge in [-0.15, -0.1) is 10.2 Å².